The Morgan fingerprint density at radius 2 is 1.71 bits per heavy atom. The number of carbonyl (C=O) groups excluding carboxylic acids is 1. The first-order chi connectivity index (χ1) is 16.3. The molecule has 1 aromatic heterocycles. The molecule has 34 heavy (non-hydrogen) atoms. The molecular weight excluding hydrogens is 424 g/mol. The largest absolute Gasteiger partial charge is 0.444 e. The molecule has 5 heteroatoms. The van der Waals surface area contributed by atoms with Crippen molar-refractivity contribution in [2.45, 2.75) is 58.2 Å². The van der Waals surface area contributed by atoms with E-state index in [1.165, 1.54) is 5.56 Å². The zero-order chi connectivity index (χ0) is 24.3. The topological polar surface area (TPSA) is 51.7 Å². The van der Waals surface area contributed by atoms with Crippen LogP contribution in [0.5, 0.6) is 0 Å². The first-order valence-corrected chi connectivity index (χ1v) is 12.2. The number of ether oxygens (including phenoxy) is 2. The van der Waals surface area contributed by atoms with Gasteiger partial charge in [0.1, 0.15) is 5.60 Å². The second-order valence-electron chi connectivity index (χ2n) is 10.2. The maximum absolute atomic E-state index is 12.5. The molecule has 1 aliphatic heterocycles. The van der Waals surface area contributed by atoms with Crippen LogP contribution in [0.15, 0.2) is 60.8 Å². The minimum Gasteiger partial charge on any atom is -0.444 e. The van der Waals surface area contributed by atoms with Gasteiger partial charge < -0.3 is 14.4 Å². The van der Waals surface area contributed by atoms with Gasteiger partial charge >= 0.3 is 6.09 Å². The molecule has 0 saturated carbocycles. The van der Waals surface area contributed by atoms with Crippen LogP contribution in [-0.4, -0.2) is 41.8 Å². The average Bonchev–Trinajstić information content (AvgIpc) is 2.84. The number of hydrogen-bond donors (Lipinski definition) is 0. The molecule has 4 rings (SSSR count). The number of fused-ring (bicyclic) bond motifs is 1. The van der Waals surface area contributed by atoms with Gasteiger partial charge in [0.2, 0.25) is 0 Å². The summed E-state index contributed by atoms with van der Waals surface area (Å²) in [6.45, 7) is 9.27. The van der Waals surface area contributed by atoms with Crippen molar-refractivity contribution in [3.63, 3.8) is 0 Å². The molecule has 1 aliphatic rings. The lowest BCUT2D eigenvalue weighted by molar-refractivity contribution is -0.0861. The van der Waals surface area contributed by atoms with E-state index in [9.17, 15) is 4.79 Å². The van der Waals surface area contributed by atoms with Crippen LogP contribution in [0.4, 0.5) is 4.79 Å². The van der Waals surface area contributed by atoms with Crippen molar-refractivity contribution < 1.29 is 14.3 Å². The van der Waals surface area contributed by atoms with Gasteiger partial charge in [-0.2, -0.15) is 0 Å². The number of benzene rings is 2. The molecule has 1 amide bonds. The maximum Gasteiger partial charge on any atom is 0.410 e. The van der Waals surface area contributed by atoms with Gasteiger partial charge in [-0.1, -0.05) is 49.4 Å². The number of pyridine rings is 1. The van der Waals surface area contributed by atoms with Crippen molar-refractivity contribution >= 4 is 17.0 Å². The van der Waals surface area contributed by atoms with Crippen molar-refractivity contribution in [3.8, 4) is 11.1 Å². The molecule has 1 unspecified atom stereocenters. The summed E-state index contributed by atoms with van der Waals surface area (Å²) in [5.74, 6) is 0.328. The van der Waals surface area contributed by atoms with Crippen LogP contribution in [0.2, 0.25) is 0 Å². The number of piperidine rings is 1. The lowest BCUT2D eigenvalue weighted by atomic mass is 9.74. The summed E-state index contributed by atoms with van der Waals surface area (Å²) in [5, 5.41) is 1.14. The van der Waals surface area contributed by atoms with Gasteiger partial charge in [0.05, 0.1) is 11.1 Å². The highest BCUT2D eigenvalue weighted by Crippen LogP contribution is 2.42. The number of carbonyl (C=O) groups is 1. The SMILES string of the molecule is CCC(OC)(c1ccc(-c2cnc3ccccc3c2)cc1)C1CCN(C(=O)OC(C)(C)C)CC1. The normalized spacial score (nSPS) is 16.9. The smallest absolute Gasteiger partial charge is 0.410 e. The van der Waals surface area contributed by atoms with Crippen LogP contribution < -0.4 is 0 Å². The van der Waals surface area contributed by atoms with Crippen LogP contribution in [-0.2, 0) is 15.1 Å². The summed E-state index contributed by atoms with van der Waals surface area (Å²) in [6.07, 6.45) is 4.36. The second-order valence-corrected chi connectivity index (χ2v) is 10.2. The number of methoxy groups -OCH3 is 1. The van der Waals surface area contributed by atoms with Crippen LogP contribution in [0.25, 0.3) is 22.0 Å². The summed E-state index contributed by atoms with van der Waals surface area (Å²) in [6, 6.07) is 19.1. The summed E-state index contributed by atoms with van der Waals surface area (Å²) in [5.41, 5.74) is 3.59. The van der Waals surface area contributed by atoms with E-state index in [0.717, 1.165) is 41.3 Å². The van der Waals surface area contributed by atoms with E-state index in [2.05, 4.69) is 48.3 Å². The Labute approximate surface area is 203 Å². The predicted molar refractivity (Wildman–Crippen MR) is 137 cm³/mol. The van der Waals surface area contributed by atoms with E-state index in [1.54, 1.807) is 0 Å². The van der Waals surface area contributed by atoms with Crippen LogP contribution in [0.1, 0.15) is 52.5 Å². The average molecular weight is 461 g/mol. The van der Waals surface area contributed by atoms with Crippen LogP contribution in [0, 0.1) is 5.92 Å². The highest BCUT2D eigenvalue weighted by molar-refractivity contribution is 5.83. The number of hydrogen-bond acceptors (Lipinski definition) is 4. The quantitative estimate of drug-likeness (QED) is 0.420. The van der Waals surface area contributed by atoms with E-state index in [-0.39, 0.29) is 11.7 Å². The van der Waals surface area contributed by atoms with Gasteiger partial charge in [0.25, 0.3) is 0 Å². The lowest BCUT2D eigenvalue weighted by Gasteiger charge is -2.44. The van der Waals surface area contributed by atoms with Crippen molar-refractivity contribution in [3.05, 3.63) is 66.4 Å². The second kappa shape index (κ2) is 9.75. The highest BCUT2D eigenvalue weighted by atomic mass is 16.6. The standard InChI is InChI=1S/C29H36N2O3/c1-6-29(33-5,25-15-17-31(18-16-25)27(32)34-28(2,3)4)24-13-11-21(12-14-24)23-19-22-9-7-8-10-26(22)30-20-23/h7-14,19-20,25H,6,15-18H2,1-5H3. The Bertz CT molecular complexity index is 1120. The molecule has 2 heterocycles. The molecule has 2 aromatic carbocycles. The van der Waals surface area contributed by atoms with Gasteiger partial charge in [0.15, 0.2) is 0 Å². The predicted octanol–water partition coefficient (Wildman–Crippen LogP) is 6.80. The monoisotopic (exact) mass is 460 g/mol. The molecule has 0 bridgehead atoms. The third-order valence-corrected chi connectivity index (χ3v) is 6.99. The fraction of sp³-hybridized carbons (Fsp3) is 0.448. The molecule has 1 saturated heterocycles. The number of aromatic nitrogens is 1. The minimum atomic E-state index is -0.476. The third kappa shape index (κ3) is 4.95. The molecule has 0 aliphatic carbocycles. The number of amides is 1. The van der Waals surface area contributed by atoms with Crippen molar-refractivity contribution in [2.24, 2.45) is 5.92 Å². The summed E-state index contributed by atoms with van der Waals surface area (Å²) in [4.78, 5) is 18.9. The van der Waals surface area contributed by atoms with E-state index in [4.69, 9.17) is 9.47 Å². The molecule has 1 fully saturated rings. The fourth-order valence-electron chi connectivity index (χ4n) is 5.19. The van der Waals surface area contributed by atoms with Crippen molar-refractivity contribution in [1.82, 2.24) is 9.88 Å². The maximum atomic E-state index is 12.5. The van der Waals surface area contributed by atoms with Gasteiger partial charge in [-0.15, -0.1) is 0 Å². The Hall–Kier alpha value is -2.92. The molecule has 5 nitrogen and oxygen atoms in total. The summed E-state index contributed by atoms with van der Waals surface area (Å²) >= 11 is 0. The Balaban J connectivity index is 1.52. The Morgan fingerprint density at radius 3 is 2.32 bits per heavy atom. The molecular formula is C29H36N2O3. The molecule has 0 radical (unpaired) electrons. The molecule has 1 atom stereocenters. The number of rotatable bonds is 5. The van der Waals surface area contributed by atoms with Crippen LogP contribution >= 0.6 is 0 Å². The summed E-state index contributed by atoms with van der Waals surface area (Å²) < 4.78 is 11.8. The highest BCUT2D eigenvalue weighted by Gasteiger charge is 2.41. The van der Waals surface area contributed by atoms with Gasteiger partial charge in [-0.25, -0.2) is 4.79 Å². The van der Waals surface area contributed by atoms with Gasteiger partial charge in [-0.05, 0) is 69.2 Å². The van der Waals surface area contributed by atoms with Crippen molar-refractivity contribution in [1.29, 1.82) is 0 Å². The lowest BCUT2D eigenvalue weighted by Crippen LogP contribution is -2.47. The van der Waals surface area contributed by atoms with Crippen LogP contribution in [0.3, 0.4) is 0 Å². The fourth-order valence-corrected chi connectivity index (χ4v) is 5.19. The summed E-state index contributed by atoms with van der Waals surface area (Å²) in [7, 11) is 1.81. The first kappa shape index (κ1) is 24.2. The number of nitrogens with zero attached hydrogens (tertiary/aromatic N) is 2. The third-order valence-electron chi connectivity index (χ3n) is 6.99. The number of para-hydroxylation sites is 1. The van der Waals surface area contributed by atoms with E-state index in [1.807, 2.05) is 57.2 Å². The molecule has 0 spiro atoms. The molecule has 3 aromatic rings. The van der Waals surface area contributed by atoms with E-state index >= 15 is 0 Å². The Morgan fingerprint density at radius 1 is 1.03 bits per heavy atom. The number of likely N-dealkylation sites (tertiary alicyclic amines) is 1. The zero-order valence-electron chi connectivity index (χ0n) is 21.0. The van der Waals surface area contributed by atoms with Gasteiger partial charge in [0, 0.05) is 37.3 Å². The minimum absolute atomic E-state index is 0.223. The first-order valence-electron chi connectivity index (χ1n) is 12.2. The molecule has 180 valence electrons. The van der Waals surface area contributed by atoms with Crippen molar-refractivity contribution in [2.75, 3.05) is 20.2 Å². The zero-order valence-corrected chi connectivity index (χ0v) is 21.0. The van der Waals surface area contributed by atoms with E-state index < -0.39 is 5.60 Å². The van der Waals surface area contributed by atoms with Gasteiger partial charge in [-0.3, -0.25) is 4.98 Å². The molecule has 0 N–H and O–H groups in total. The Kier molecular flexibility index (Phi) is 6.94. The van der Waals surface area contributed by atoms with E-state index in [0.29, 0.717) is 19.0 Å².